The Kier molecular flexibility index (Phi) is 11.7. The summed E-state index contributed by atoms with van der Waals surface area (Å²) in [5, 5.41) is 5.88. The Labute approximate surface area is 388 Å². The van der Waals surface area contributed by atoms with Crippen molar-refractivity contribution in [2.75, 3.05) is 4.90 Å². The maximum Gasteiger partial charge on any atom is 1.00 e. The van der Waals surface area contributed by atoms with Crippen molar-refractivity contribution in [2.24, 2.45) is 0 Å². The van der Waals surface area contributed by atoms with Crippen LogP contribution in [0.1, 0.15) is 71.4 Å². The van der Waals surface area contributed by atoms with E-state index in [0.29, 0.717) is 50.0 Å². The van der Waals surface area contributed by atoms with Gasteiger partial charge in [0, 0.05) is 31.8 Å². The predicted molar refractivity (Wildman–Crippen MR) is 221 cm³/mol. The van der Waals surface area contributed by atoms with Crippen molar-refractivity contribution >= 4 is 86.6 Å². The van der Waals surface area contributed by atoms with Crippen LogP contribution >= 0.6 is 15.9 Å². The average molecular weight is 869 g/mol. The Morgan fingerprint density at radius 2 is 1.12 bits per heavy atom. The molecule has 1 aliphatic heterocycles. The number of hydrogen-bond donors (Lipinski definition) is 0. The molecule has 0 aliphatic carbocycles. The van der Waals surface area contributed by atoms with E-state index in [2.05, 4.69) is 22.0 Å². The molecular weight excluding hydrogens is 836 g/mol. The van der Waals surface area contributed by atoms with Gasteiger partial charge in [-0.1, -0.05) is 86.1 Å². The fourth-order valence-corrected chi connectivity index (χ4v) is 9.01. The van der Waals surface area contributed by atoms with Gasteiger partial charge in [-0.3, -0.25) is 9.59 Å². The first-order valence-corrected chi connectivity index (χ1v) is 20.3. The van der Waals surface area contributed by atoms with Gasteiger partial charge in [0.05, 0.1) is 21.7 Å². The largest absolute Gasteiger partial charge is 1.00 e. The molecule has 8 aromatic carbocycles. The fourth-order valence-electron chi connectivity index (χ4n) is 8.08. The van der Waals surface area contributed by atoms with Gasteiger partial charge in [0.25, 0.3) is 11.8 Å². The molecule has 0 unspecified atom stereocenters. The molecule has 1 heterocycles. The van der Waals surface area contributed by atoms with Crippen molar-refractivity contribution in [2.45, 2.75) is 44.4 Å². The Hall–Kier alpha value is -3.81. The summed E-state index contributed by atoms with van der Waals surface area (Å²) in [6.07, 6.45) is 0. The van der Waals surface area contributed by atoms with Crippen molar-refractivity contribution in [3.8, 4) is 23.0 Å². The second-order valence-corrected chi connectivity index (χ2v) is 16.8. The van der Waals surface area contributed by atoms with Gasteiger partial charge in [-0.05, 0) is 87.0 Å². The number of imide groups is 1. The fraction of sp³-hybridized carbons (Fsp3) is 0.130. The topological polar surface area (TPSA) is 113 Å². The Bertz CT molecular complexity index is 3040. The molecule has 0 saturated carbocycles. The molecule has 0 radical (unpaired) electrons. The Morgan fingerprint density at radius 1 is 0.621 bits per heavy atom. The van der Waals surface area contributed by atoms with Gasteiger partial charge in [0.15, 0.2) is 0 Å². The molecule has 1 aliphatic rings. The van der Waals surface area contributed by atoms with Gasteiger partial charge in [-0.15, -0.1) is 12.1 Å². The van der Waals surface area contributed by atoms with Crippen LogP contribution in [0.5, 0.6) is 23.0 Å². The van der Waals surface area contributed by atoms with E-state index >= 15 is 9.59 Å². The number of amides is 2. The minimum atomic E-state index is -4.71. The van der Waals surface area contributed by atoms with Crippen LogP contribution in [0, 0.1) is 6.07 Å². The van der Waals surface area contributed by atoms with E-state index in [9.17, 15) is 13.0 Å². The van der Waals surface area contributed by atoms with E-state index in [4.69, 9.17) is 9.47 Å². The summed E-state index contributed by atoms with van der Waals surface area (Å²) < 4.78 is 49.6. The number of benzene rings is 8. The molecule has 0 bridgehead atoms. The number of carbonyl (C=O) groups is 2. The van der Waals surface area contributed by atoms with Crippen LogP contribution in [-0.4, -0.2) is 24.8 Å². The van der Waals surface area contributed by atoms with Crippen molar-refractivity contribution in [1.82, 2.24) is 0 Å². The first-order chi connectivity index (χ1) is 26.8. The van der Waals surface area contributed by atoms with E-state index < -0.39 is 26.8 Å². The molecule has 8 nitrogen and oxygen atoms in total. The van der Waals surface area contributed by atoms with Crippen molar-refractivity contribution in [3.63, 3.8) is 0 Å². The smallest absolute Gasteiger partial charge is 0.744 e. The molecule has 0 aromatic heterocycles. The van der Waals surface area contributed by atoms with E-state index in [1.54, 1.807) is 36.4 Å². The van der Waals surface area contributed by atoms with Gasteiger partial charge >= 0.3 is 59.1 Å². The standard InChI is InChI=1S/C46H33BrNO7S.2Na/c1-24(2)29-12-8-13-30(25(3)4)44(29)48-45(49)34-22-37(55-27-16-18-28(19-17-27)56(51,52)53)41-32-15-9-14-31-36(47)21-20-33(39(31)32)42-38(54-26-10-6-5-7-11-26)23-35(46(48)50)40(34)43(41)42;;/h6-25H,1-4H3,(H,51,52,53);;/q-1;2*+1/p-1. The van der Waals surface area contributed by atoms with Gasteiger partial charge in [0.1, 0.15) is 27.4 Å². The second-order valence-electron chi connectivity index (χ2n) is 14.6. The number of para-hydroxylation sites is 1. The number of carbonyl (C=O) groups excluding carboxylic acids is 2. The summed E-state index contributed by atoms with van der Waals surface area (Å²) in [6, 6.07) is 34.5. The normalized spacial score (nSPS) is 12.9. The van der Waals surface area contributed by atoms with Crippen LogP contribution in [0.25, 0.3) is 43.1 Å². The van der Waals surface area contributed by atoms with Crippen molar-refractivity contribution in [3.05, 3.63) is 142 Å². The Morgan fingerprint density at radius 3 is 1.66 bits per heavy atom. The summed E-state index contributed by atoms with van der Waals surface area (Å²) in [6.45, 7) is 8.15. The summed E-state index contributed by atoms with van der Waals surface area (Å²) in [5.41, 5.74) is 2.84. The summed E-state index contributed by atoms with van der Waals surface area (Å²) in [7, 11) is -4.71. The number of halogens is 1. The van der Waals surface area contributed by atoms with E-state index in [1.165, 1.54) is 29.2 Å². The third-order valence-electron chi connectivity index (χ3n) is 10.5. The van der Waals surface area contributed by atoms with Crippen LogP contribution in [0.4, 0.5) is 5.69 Å². The number of fused-ring (bicyclic) bond motifs is 2. The summed E-state index contributed by atoms with van der Waals surface area (Å²) in [5.74, 6) is 0.497. The second kappa shape index (κ2) is 16.0. The maximum absolute atomic E-state index is 15.2. The predicted octanol–water partition coefficient (Wildman–Crippen LogP) is 5.84. The molecule has 8 aromatic rings. The van der Waals surface area contributed by atoms with Crippen LogP contribution in [0.2, 0.25) is 0 Å². The minimum Gasteiger partial charge on any atom is -0.744 e. The van der Waals surface area contributed by atoms with Crippen LogP contribution in [0.3, 0.4) is 0 Å². The van der Waals surface area contributed by atoms with Gasteiger partial charge in [-0.25, -0.2) is 13.3 Å². The molecular formula is C46H32BrNNa2O7S. The van der Waals surface area contributed by atoms with Crippen LogP contribution in [-0.2, 0) is 10.1 Å². The number of nitrogens with zero attached hydrogens (tertiary/aromatic N) is 1. The summed E-state index contributed by atoms with van der Waals surface area (Å²) >= 11 is 3.75. The zero-order chi connectivity index (χ0) is 39.2. The zero-order valence-corrected chi connectivity index (χ0v) is 39.0. The zero-order valence-electron chi connectivity index (χ0n) is 32.6. The molecule has 0 atom stereocenters. The van der Waals surface area contributed by atoms with Gasteiger partial charge in [0.2, 0.25) is 0 Å². The molecule has 0 saturated heterocycles. The maximum atomic E-state index is 15.2. The van der Waals surface area contributed by atoms with Gasteiger partial charge < -0.3 is 14.0 Å². The molecule has 12 heteroatoms. The van der Waals surface area contributed by atoms with Gasteiger partial charge in [-0.2, -0.15) is 18.2 Å². The first kappa shape index (κ1) is 42.3. The number of hydrogen-bond acceptors (Lipinski definition) is 7. The van der Waals surface area contributed by atoms with Crippen LogP contribution in [0.15, 0.2) is 119 Å². The molecule has 0 spiro atoms. The third kappa shape index (κ3) is 6.86. The molecule has 0 fully saturated rings. The van der Waals surface area contributed by atoms with E-state index in [1.807, 2.05) is 76.2 Å². The Balaban J connectivity index is 0.00000256. The van der Waals surface area contributed by atoms with Crippen LogP contribution < -0.4 is 73.5 Å². The monoisotopic (exact) mass is 867 g/mol. The quantitative estimate of drug-likeness (QED) is 0.0471. The SMILES string of the molecule is CC(C)c1cccc(C(C)C)c1N1C(=O)c2cc(Oc3ccc(S(=O)(=O)[O-])cc3)c3c4cccc5c(Br)ccc(c6c(Oc7cc[c-]cc7)cc(c2c36)C1=O)c54.[Na+].[Na+]. The van der Waals surface area contributed by atoms with E-state index in [0.717, 1.165) is 37.1 Å². The molecule has 58 heavy (non-hydrogen) atoms. The third-order valence-corrected chi connectivity index (χ3v) is 12.1. The average Bonchev–Trinajstić information content (AvgIpc) is 3.17. The van der Waals surface area contributed by atoms with E-state index in [-0.39, 0.29) is 82.3 Å². The number of rotatable bonds is 8. The molecule has 2 amide bonds. The number of anilines is 1. The first-order valence-electron chi connectivity index (χ1n) is 18.1. The molecule has 9 rings (SSSR count). The number of ether oxygens (including phenoxy) is 2. The van der Waals surface area contributed by atoms with Crippen molar-refractivity contribution < 1.29 is 91.1 Å². The molecule has 0 N–H and O–H groups in total. The minimum absolute atomic E-state index is 0. The summed E-state index contributed by atoms with van der Waals surface area (Å²) in [4.78, 5) is 31.3. The van der Waals surface area contributed by atoms with Crippen molar-refractivity contribution in [1.29, 1.82) is 0 Å². The molecule has 278 valence electrons.